The summed E-state index contributed by atoms with van der Waals surface area (Å²) in [6, 6.07) is 0. The zero-order chi connectivity index (χ0) is 21.0. The number of esters is 2. The topological polar surface area (TPSA) is 95.1 Å². The first-order valence-corrected chi connectivity index (χ1v) is 9.67. The summed E-state index contributed by atoms with van der Waals surface area (Å²) < 4.78 is 20.5. The summed E-state index contributed by atoms with van der Waals surface area (Å²) in [6.07, 6.45) is 4.45. The molecule has 0 aromatic carbocycles. The van der Waals surface area contributed by atoms with Crippen molar-refractivity contribution in [2.45, 2.75) is 39.5 Å². The van der Waals surface area contributed by atoms with Crippen molar-refractivity contribution in [1.29, 1.82) is 0 Å². The van der Waals surface area contributed by atoms with Gasteiger partial charge in [0.15, 0.2) is 0 Å². The Labute approximate surface area is 168 Å². The SMILES string of the molecule is C=C(C)C(=O)OCCOCNCCCCCCNCOCCOC(=O)C(=C)C. The Morgan fingerprint density at radius 3 is 1.43 bits per heavy atom. The van der Waals surface area contributed by atoms with Crippen LogP contribution < -0.4 is 10.6 Å². The van der Waals surface area contributed by atoms with Crippen molar-refractivity contribution in [2.75, 3.05) is 53.0 Å². The van der Waals surface area contributed by atoms with Gasteiger partial charge in [-0.05, 0) is 39.8 Å². The van der Waals surface area contributed by atoms with Crippen LogP contribution in [-0.4, -0.2) is 64.9 Å². The highest BCUT2D eigenvalue weighted by atomic mass is 16.6. The van der Waals surface area contributed by atoms with Gasteiger partial charge in [0.1, 0.15) is 13.2 Å². The van der Waals surface area contributed by atoms with E-state index in [9.17, 15) is 9.59 Å². The van der Waals surface area contributed by atoms with E-state index in [2.05, 4.69) is 23.8 Å². The highest BCUT2D eigenvalue weighted by Crippen LogP contribution is 1.98. The smallest absolute Gasteiger partial charge is 0.333 e. The van der Waals surface area contributed by atoms with Crippen LogP contribution in [0.3, 0.4) is 0 Å². The minimum atomic E-state index is -0.387. The third kappa shape index (κ3) is 17.7. The largest absolute Gasteiger partial charge is 0.460 e. The fraction of sp³-hybridized carbons (Fsp3) is 0.700. The lowest BCUT2D eigenvalue weighted by atomic mass is 10.2. The maximum Gasteiger partial charge on any atom is 0.333 e. The summed E-state index contributed by atoms with van der Waals surface area (Å²) in [7, 11) is 0. The van der Waals surface area contributed by atoms with Crippen LogP contribution >= 0.6 is 0 Å². The van der Waals surface area contributed by atoms with Crippen molar-refractivity contribution >= 4 is 11.9 Å². The lowest BCUT2D eigenvalue weighted by Crippen LogP contribution is -2.22. The van der Waals surface area contributed by atoms with E-state index in [1.54, 1.807) is 13.8 Å². The third-order valence-corrected chi connectivity index (χ3v) is 3.48. The van der Waals surface area contributed by atoms with Crippen LogP contribution in [0.5, 0.6) is 0 Å². The van der Waals surface area contributed by atoms with Crippen molar-refractivity contribution in [3.63, 3.8) is 0 Å². The minimum Gasteiger partial charge on any atom is -0.460 e. The van der Waals surface area contributed by atoms with Crippen LogP contribution in [0.4, 0.5) is 0 Å². The average Bonchev–Trinajstić information content (AvgIpc) is 2.66. The molecule has 0 atom stereocenters. The Morgan fingerprint density at radius 2 is 1.07 bits per heavy atom. The molecular weight excluding hydrogens is 364 g/mol. The molecule has 0 aliphatic carbocycles. The van der Waals surface area contributed by atoms with E-state index >= 15 is 0 Å². The Balaban J connectivity index is 3.14. The molecule has 0 unspecified atom stereocenters. The quantitative estimate of drug-likeness (QED) is 0.147. The maximum atomic E-state index is 11.1. The summed E-state index contributed by atoms with van der Waals surface area (Å²) >= 11 is 0. The first-order valence-electron chi connectivity index (χ1n) is 9.67. The van der Waals surface area contributed by atoms with Crippen molar-refractivity contribution in [1.82, 2.24) is 10.6 Å². The van der Waals surface area contributed by atoms with Crippen LogP contribution in [0.1, 0.15) is 39.5 Å². The molecule has 0 saturated heterocycles. The lowest BCUT2D eigenvalue weighted by molar-refractivity contribution is -0.141. The molecule has 0 aliphatic heterocycles. The molecule has 0 aliphatic rings. The van der Waals surface area contributed by atoms with Gasteiger partial charge < -0.3 is 18.9 Å². The monoisotopic (exact) mass is 400 g/mol. The fourth-order valence-corrected chi connectivity index (χ4v) is 1.92. The van der Waals surface area contributed by atoms with Gasteiger partial charge >= 0.3 is 11.9 Å². The Hall–Kier alpha value is -1.74. The molecule has 0 radical (unpaired) electrons. The molecule has 0 saturated carbocycles. The summed E-state index contributed by atoms with van der Waals surface area (Å²) in [4.78, 5) is 22.2. The van der Waals surface area contributed by atoms with Gasteiger partial charge in [-0.15, -0.1) is 0 Å². The van der Waals surface area contributed by atoms with Gasteiger partial charge in [0, 0.05) is 11.1 Å². The third-order valence-electron chi connectivity index (χ3n) is 3.48. The lowest BCUT2D eigenvalue weighted by Gasteiger charge is -2.08. The summed E-state index contributed by atoms with van der Waals surface area (Å²) in [5, 5.41) is 6.37. The summed E-state index contributed by atoms with van der Waals surface area (Å²) in [6.45, 7) is 14.1. The number of hydrogen-bond acceptors (Lipinski definition) is 8. The summed E-state index contributed by atoms with van der Waals surface area (Å²) in [5.74, 6) is -0.775. The van der Waals surface area contributed by atoms with E-state index in [1.165, 1.54) is 0 Å². The van der Waals surface area contributed by atoms with Crippen molar-refractivity contribution in [3.05, 3.63) is 24.3 Å². The summed E-state index contributed by atoms with van der Waals surface area (Å²) in [5.41, 5.74) is 0.782. The molecule has 0 aromatic rings. The maximum absolute atomic E-state index is 11.1. The fourth-order valence-electron chi connectivity index (χ4n) is 1.92. The Morgan fingerprint density at radius 1 is 0.679 bits per heavy atom. The molecule has 2 N–H and O–H groups in total. The second-order valence-corrected chi connectivity index (χ2v) is 6.35. The normalized spacial score (nSPS) is 10.5. The van der Waals surface area contributed by atoms with E-state index in [-0.39, 0.29) is 25.2 Å². The average molecular weight is 401 g/mol. The highest BCUT2D eigenvalue weighted by Gasteiger charge is 2.02. The molecule has 8 nitrogen and oxygen atoms in total. The Bertz CT molecular complexity index is 426. The van der Waals surface area contributed by atoms with Crippen molar-refractivity contribution in [2.24, 2.45) is 0 Å². The minimum absolute atomic E-state index is 0.240. The van der Waals surface area contributed by atoms with Crippen LogP contribution in [0.15, 0.2) is 24.3 Å². The number of carbonyl (C=O) groups excluding carboxylic acids is 2. The van der Waals surface area contributed by atoms with Gasteiger partial charge in [-0.25, -0.2) is 9.59 Å². The molecular formula is C20H36N2O6. The zero-order valence-electron chi connectivity index (χ0n) is 17.3. The number of carbonyl (C=O) groups is 2. The Kier molecular flexibility index (Phi) is 17.5. The predicted molar refractivity (Wildman–Crippen MR) is 108 cm³/mol. The van der Waals surface area contributed by atoms with E-state index in [0.717, 1.165) is 38.8 Å². The molecule has 162 valence electrons. The number of hydrogen-bond donors (Lipinski definition) is 2. The van der Waals surface area contributed by atoms with Gasteiger partial charge in [0.2, 0.25) is 0 Å². The van der Waals surface area contributed by atoms with Crippen LogP contribution in [0.2, 0.25) is 0 Å². The zero-order valence-corrected chi connectivity index (χ0v) is 17.3. The number of rotatable bonds is 19. The van der Waals surface area contributed by atoms with Gasteiger partial charge in [-0.2, -0.15) is 0 Å². The number of nitrogens with one attached hydrogen (secondary N) is 2. The first-order chi connectivity index (χ1) is 13.4. The van der Waals surface area contributed by atoms with Crippen LogP contribution in [0.25, 0.3) is 0 Å². The number of ether oxygens (including phenoxy) is 4. The van der Waals surface area contributed by atoms with Gasteiger partial charge in [-0.1, -0.05) is 26.0 Å². The number of unbranched alkanes of at least 4 members (excludes halogenated alkanes) is 3. The van der Waals surface area contributed by atoms with Gasteiger partial charge in [0.05, 0.1) is 26.7 Å². The second kappa shape index (κ2) is 18.6. The van der Waals surface area contributed by atoms with E-state index in [1.807, 2.05) is 0 Å². The molecule has 0 amide bonds. The highest BCUT2D eigenvalue weighted by molar-refractivity contribution is 5.87. The van der Waals surface area contributed by atoms with E-state index < -0.39 is 0 Å². The molecule has 0 heterocycles. The van der Waals surface area contributed by atoms with Gasteiger partial charge in [0.25, 0.3) is 0 Å². The standard InChI is InChI=1S/C20H36N2O6/c1-17(2)19(23)27-13-11-25-15-21-9-7-5-6-8-10-22-16-26-12-14-28-20(24)18(3)4/h21-22H,1,3,5-16H2,2,4H3. The van der Waals surface area contributed by atoms with E-state index in [4.69, 9.17) is 18.9 Å². The van der Waals surface area contributed by atoms with Crippen molar-refractivity contribution < 1.29 is 28.5 Å². The second-order valence-electron chi connectivity index (χ2n) is 6.35. The van der Waals surface area contributed by atoms with Crippen LogP contribution in [0, 0.1) is 0 Å². The first kappa shape index (κ1) is 26.3. The molecule has 0 rings (SSSR count). The molecule has 0 aromatic heterocycles. The molecule has 0 bridgehead atoms. The molecule has 0 fully saturated rings. The molecule has 28 heavy (non-hydrogen) atoms. The van der Waals surface area contributed by atoms with E-state index in [0.29, 0.717) is 37.8 Å². The van der Waals surface area contributed by atoms with Crippen LogP contribution in [-0.2, 0) is 28.5 Å². The predicted octanol–water partition coefficient (Wildman–Crippen LogP) is 1.91. The molecule has 0 spiro atoms. The van der Waals surface area contributed by atoms with Crippen molar-refractivity contribution in [3.8, 4) is 0 Å². The molecule has 8 heteroatoms. The van der Waals surface area contributed by atoms with Gasteiger partial charge in [-0.3, -0.25) is 10.6 Å².